The van der Waals surface area contributed by atoms with Gasteiger partial charge in [0.2, 0.25) is 0 Å². The molecule has 1 aromatic rings. The molecule has 1 unspecified atom stereocenters. The molecular weight excluding hydrogens is 280 g/mol. The van der Waals surface area contributed by atoms with Gasteiger partial charge in [-0.15, -0.1) is 0 Å². The van der Waals surface area contributed by atoms with E-state index in [0.29, 0.717) is 0 Å². The van der Waals surface area contributed by atoms with Gasteiger partial charge in [0.25, 0.3) is 5.91 Å². The molecule has 0 aromatic heterocycles. The topological polar surface area (TPSA) is 52.6 Å². The third-order valence-electron chi connectivity index (χ3n) is 3.06. The van der Waals surface area contributed by atoms with Gasteiger partial charge in [-0.3, -0.25) is 10.0 Å². The minimum absolute atomic E-state index is 0.229. The number of thioether (sulfide) groups is 1. The van der Waals surface area contributed by atoms with Crippen LogP contribution in [0.2, 0.25) is 0 Å². The van der Waals surface area contributed by atoms with E-state index in [9.17, 15) is 4.79 Å². The number of nitrogens with zero attached hydrogens (tertiary/aromatic N) is 1. The SMILES string of the molecule is CC1(C)SCCN(Sc2ccccc2)C1C(=O)NO. The third-order valence-corrected chi connectivity index (χ3v) is 5.52. The molecule has 0 saturated carbocycles. The summed E-state index contributed by atoms with van der Waals surface area (Å²) in [5, 5.41) is 8.96. The molecule has 1 fully saturated rings. The second-order valence-electron chi connectivity index (χ2n) is 4.88. The molecule has 19 heavy (non-hydrogen) atoms. The monoisotopic (exact) mass is 298 g/mol. The fourth-order valence-corrected chi connectivity index (χ4v) is 4.76. The molecule has 104 valence electrons. The maximum absolute atomic E-state index is 12.0. The fourth-order valence-electron chi connectivity index (χ4n) is 2.18. The van der Waals surface area contributed by atoms with E-state index in [0.717, 1.165) is 17.2 Å². The number of hydrogen-bond donors (Lipinski definition) is 2. The molecule has 0 radical (unpaired) electrons. The lowest BCUT2D eigenvalue weighted by Gasteiger charge is -2.43. The molecule has 1 saturated heterocycles. The Morgan fingerprint density at radius 1 is 1.47 bits per heavy atom. The zero-order valence-corrected chi connectivity index (χ0v) is 12.6. The van der Waals surface area contributed by atoms with Crippen molar-refractivity contribution in [1.29, 1.82) is 0 Å². The summed E-state index contributed by atoms with van der Waals surface area (Å²) in [6.07, 6.45) is 0. The highest BCUT2D eigenvalue weighted by atomic mass is 32.2. The number of hydroxylamine groups is 1. The highest BCUT2D eigenvalue weighted by Crippen LogP contribution is 2.40. The van der Waals surface area contributed by atoms with Crippen LogP contribution in [0.25, 0.3) is 0 Å². The lowest BCUT2D eigenvalue weighted by molar-refractivity contribution is -0.133. The lowest BCUT2D eigenvalue weighted by atomic mass is 10.0. The maximum Gasteiger partial charge on any atom is 0.263 e. The Morgan fingerprint density at radius 3 is 2.79 bits per heavy atom. The van der Waals surface area contributed by atoms with Crippen LogP contribution in [0.1, 0.15) is 13.8 Å². The number of nitrogens with one attached hydrogen (secondary N) is 1. The van der Waals surface area contributed by atoms with Crippen molar-refractivity contribution in [3.05, 3.63) is 30.3 Å². The summed E-state index contributed by atoms with van der Waals surface area (Å²) in [5.41, 5.74) is 1.80. The molecule has 1 aliphatic heterocycles. The summed E-state index contributed by atoms with van der Waals surface area (Å²) < 4.78 is 1.82. The number of carbonyl (C=O) groups is 1. The first-order valence-corrected chi connectivity index (χ1v) is 7.88. The second kappa shape index (κ2) is 6.17. The molecule has 4 nitrogen and oxygen atoms in total. The smallest absolute Gasteiger partial charge is 0.263 e. The highest BCUT2D eigenvalue weighted by molar-refractivity contribution is 8.01. The van der Waals surface area contributed by atoms with Crippen LogP contribution in [0.3, 0.4) is 0 Å². The van der Waals surface area contributed by atoms with Crippen molar-refractivity contribution in [2.24, 2.45) is 0 Å². The number of hydrogen-bond acceptors (Lipinski definition) is 5. The van der Waals surface area contributed by atoms with Gasteiger partial charge in [-0.1, -0.05) is 18.2 Å². The predicted octanol–water partition coefficient (Wildman–Crippen LogP) is 2.40. The molecule has 1 heterocycles. The summed E-state index contributed by atoms with van der Waals surface area (Å²) in [6.45, 7) is 4.89. The van der Waals surface area contributed by atoms with E-state index in [2.05, 4.69) is 4.31 Å². The van der Waals surface area contributed by atoms with Gasteiger partial charge < -0.3 is 0 Å². The van der Waals surface area contributed by atoms with Crippen molar-refractivity contribution < 1.29 is 10.0 Å². The van der Waals surface area contributed by atoms with Crippen LogP contribution in [0, 0.1) is 0 Å². The molecule has 1 aliphatic rings. The van der Waals surface area contributed by atoms with Crippen molar-refractivity contribution in [3.8, 4) is 0 Å². The van der Waals surface area contributed by atoms with Gasteiger partial charge in [0.15, 0.2) is 0 Å². The Morgan fingerprint density at radius 2 is 2.16 bits per heavy atom. The van der Waals surface area contributed by atoms with Crippen LogP contribution in [-0.4, -0.2) is 38.5 Å². The Hall–Kier alpha value is -0.690. The summed E-state index contributed by atoms with van der Waals surface area (Å²) >= 11 is 3.33. The first-order chi connectivity index (χ1) is 9.04. The van der Waals surface area contributed by atoms with Crippen molar-refractivity contribution in [3.63, 3.8) is 0 Å². The lowest BCUT2D eigenvalue weighted by Crippen LogP contribution is -2.57. The van der Waals surface area contributed by atoms with Gasteiger partial charge in [0, 0.05) is 21.9 Å². The third kappa shape index (κ3) is 3.45. The van der Waals surface area contributed by atoms with Gasteiger partial charge >= 0.3 is 0 Å². The van der Waals surface area contributed by atoms with Crippen molar-refractivity contribution >= 4 is 29.6 Å². The minimum atomic E-state index is -0.360. The summed E-state index contributed by atoms with van der Waals surface area (Å²) in [4.78, 5) is 13.1. The van der Waals surface area contributed by atoms with E-state index in [1.54, 1.807) is 29.2 Å². The van der Waals surface area contributed by atoms with Crippen molar-refractivity contribution in [2.75, 3.05) is 12.3 Å². The molecule has 2 rings (SSSR count). The molecule has 2 N–H and O–H groups in total. The Labute approximate surface area is 122 Å². The average Bonchev–Trinajstić information content (AvgIpc) is 2.38. The normalized spacial score (nSPS) is 23.0. The van der Waals surface area contributed by atoms with Crippen molar-refractivity contribution in [1.82, 2.24) is 9.79 Å². The maximum atomic E-state index is 12.0. The van der Waals surface area contributed by atoms with Crippen LogP contribution < -0.4 is 5.48 Å². The van der Waals surface area contributed by atoms with E-state index < -0.39 is 0 Å². The molecular formula is C13H18N2O2S2. The number of amides is 1. The number of benzene rings is 1. The van der Waals surface area contributed by atoms with Crippen molar-refractivity contribution in [2.45, 2.75) is 29.5 Å². The van der Waals surface area contributed by atoms with E-state index in [1.165, 1.54) is 0 Å². The Bertz CT molecular complexity index is 440. The van der Waals surface area contributed by atoms with E-state index in [-0.39, 0.29) is 16.7 Å². The number of rotatable bonds is 3. The molecule has 0 aliphatic carbocycles. The molecule has 0 bridgehead atoms. The van der Waals surface area contributed by atoms with Crippen LogP contribution in [0.15, 0.2) is 35.2 Å². The average molecular weight is 298 g/mol. The van der Waals surface area contributed by atoms with Crippen LogP contribution in [0.5, 0.6) is 0 Å². The molecule has 0 spiro atoms. The van der Waals surface area contributed by atoms with E-state index in [1.807, 2.05) is 44.2 Å². The first-order valence-electron chi connectivity index (χ1n) is 6.12. The summed E-state index contributed by atoms with van der Waals surface area (Å²) in [5.74, 6) is 0.628. The minimum Gasteiger partial charge on any atom is -0.289 e. The van der Waals surface area contributed by atoms with Crippen LogP contribution >= 0.6 is 23.7 Å². The van der Waals surface area contributed by atoms with Gasteiger partial charge in [0.1, 0.15) is 6.04 Å². The van der Waals surface area contributed by atoms with E-state index >= 15 is 0 Å². The molecule has 1 atom stereocenters. The van der Waals surface area contributed by atoms with Crippen LogP contribution in [-0.2, 0) is 4.79 Å². The van der Waals surface area contributed by atoms with E-state index in [4.69, 9.17) is 5.21 Å². The van der Waals surface area contributed by atoms with Gasteiger partial charge in [-0.2, -0.15) is 11.8 Å². The molecule has 6 heteroatoms. The largest absolute Gasteiger partial charge is 0.289 e. The zero-order chi connectivity index (χ0) is 13.9. The fraction of sp³-hybridized carbons (Fsp3) is 0.462. The second-order valence-corrected chi connectivity index (χ2v) is 7.75. The van der Waals surface area contributed by atoms with Gasteiger partial charge in [-0.25, -0.2) is 9.79 Å². The molecule has 1 amide bonds. The Kier molecular flexibility index (Phi) is 4.78. The zero-order valence-electron chi connectivity index (χ0n) is 11.0. The molecule has 1 aromatic carbocycles. The summed E-state index contributed by atoms with van der Waals surface area (Å²) in [7, 11) is 0. The first kappa shape index (κ1) is 14.7. The van der Waals surface area contributed by atoms with Crippen LogP contribution in [0.4, 0.5) is 0 Å². The predicted molar refractivity (Wildman–Crippen MR) is 79.3 cm³/mol. The van der Waals surface area contributed by atoms with Gasteiger partial charge in [0.05, 0.1) is 0 Å². The Balaban J connectivity index is 2.19. The van der Waals surface area contributed by atoms with Gasteiger partial charge in [-0.05, 0) is 37.9 Å². The standard InChI is InChI=1S/C13H18N2O2S2/c1-13(2)11(12(16)14-17)15(8-9-18-13)19-10-6-4-3-5-7-10/h3-7,11,17H,8-9H2,1-2H3,(H,14,16). The number of carbonyl (C=O) groups excluding carboxylic acids is 1. The quantitative estimate of drug-likeness (QED) is 0.510. The highest BCUT2D eigenvalue weighted by Gasteiger charge is 2.43. The summed E-state index contributed by atoms with van der Waals surface area (Å²) in [6, 6.07) is 9.61.